The lowest BCUT2D eigenvalue weighted by molar-refractivity contribution is 0.393. The Labute approximate surface area is 197 Å². The van der Waals surface area contributed by atoms with Crippen molar-refractivity contribution in [1.29, 1.82) is 5.26 Å². The number of pyridine rings is 1. The summed E-state index contributed by atoms with van der Waals surface area (Å²) in [6.07, 6.45) is 7.77. The van der Waals surface area contributed by atoms with E-state index < -0.39 is 0 Å². The Hall–Kier alpha value is -3.93. The topological polar surface area (TPSA) is 117 Å². The lowest BCUT2D eigenvalue weighted by Crippen LogP contribution is -2.18. The van der Waals surface area contributed by atoms with Crippen LogP contribution >= 0.6 is 0 Å². The van der Waals surface area contributed by atoms with E-state index in [0.29, 0.717) is 29.5 Å². The van der Waals surface area contributed by atoms with Gasteiger partial charge in [-0.3, -0.25) is 9.48 Å². The SMILES string of the molecule is Cc1cc(Nc2nn([C@@H](CC#N)C3CC3)c3cc[nH]c(=O)c23)ccc1[C@H](C(C)C)n1ccnn1. The van der Waals surface area contributed by atoms with E-state index in [1.54, 1.807) is 12.4 Å². The monoisotopic (exact) mass is 456 g/mol. The smallest absolute Gasteiger partial charge is 0.261 e. The van der Waals surface area contributed by atoms with E-state index in [0.717, 1.165) is 29.6 Å². The fourth-order valence-corrected chi connectivity index (χ4v) is 4.86. The Kier molecular flexibility index (Phi) is 5.65. The zero-order chi connectivity index (χ0) is 23.8. The van der Waals surface area contributed by atoms with Gasteiger partial charge in [0.05, 0.1) is 36.3 Å². The van der Waals surface area contributed by atoms with Crippen LogP contribution in [0.5, 0.6) is 0 Å². The van der Waals surface area contributed by atoms with Crippen LogP contribution < -0.4 is 10.9 Å². The molecule has 1 saturated carbocycles. The fourth-order valence-electron chi connectivity index (χ4n) is 4.86. The minimum atomic E-state index is -0.197. The normalized spacial score (nSPS) is 15.4. The maximum atomic E-state index is 12.8. The third kappa shape index (κ3) is 3.96. The van der Waals surface area contributed by atoms with Gasteiger partial charge in [0.25, 0.3) is 5.56 Å². The fraction of sp³-hybridized carbons (Fsp3) is 0.400. The van der Waals surface area contributed by atoms with Crippen LogP contribution in [0.25, 0.3) is 10.9 Å². The molecule has 3 heterocycles. The lowest BCUT2D eigenvalue weighted by atomic mass is 9.92. The molecule has 174 valence electrons. The Balaban J connectivity index is 1.52. The number of H-pyrrole nitrogens is 1. The summed E-state index contributed by atoms with van der Waals surface area (Å²) < 4.78 is 3.76. The quantitative estimate of drug-likeness (QED) is 0.404. The molecular weight excluding hydrogens is 428 g/mol. The first-order valence-corrected chi connectivity index (χ1v) is 11.7. The Morgan fingerprint density at radius 1 is 1.29 bits per heavy atom. The molecule has 0 aliphatic heterocycles. The number of rotatable bonds is 8. The van der Waals surface area contributed by atoms with Crippen molar-refractivity contribution >= 4 is 22.4 Å². The molecule has 0 radical (unpaired) electrons. The summed E-state index contributed by atoms with van der Waals surface area (Å²) in [5.74, 6) is 1.27. The number of fused-ring (bicyclic) bond motifs is 1. The predicted molar refractivity (Wildman–Crippen MR) is 130 cm³/mol. The van der Waals surface area contributed by atoms with Gasteiger partial charge in [0.2, 0.25) is 0 Å². The van der Waals surface area contributed by atoms with Crippen molar-refractivity contribution in [2.45, 2.75) is 52.1 Å². The molecule has 9 nitrogen and oxygen atoms in total. The molecule has 0 unspecified atom stereocenters. The first-order chi connectivity index (χ1) is 16.5. The van der Waals surface area contributed by atoms with Crippen molar-refractivity contribution in [3.8, 4) is 6.07 Å². The van der Waals surface area contributed by atoms with Crippen molar-refractivity contribution in [3.63, 3.8) is 0 Å². The highest BCUT2D eigenvalue weighted by Crippen LogP contribution is 2.43. The summed E-state index contributed by atoms with van der Waals surface area (Å²) in [5.41, 5.74) is 3.68. The highest BCUT2D eigenvalue weighted by molar-refractivity contribution is 5.91. The van der Waals surface area contributed by atoms with Gasteiger partial charge in [-0.2, -0.15) is 10.4 Å². The summed E-state index contributed by atoms with van der Waals surface area (Å²) in [6, 6.07) is 10.4. The zero-order valence-corrected chi connectivity index (χ0v) is 19.6. The molecule has 0 spiro atoms. The standard InChI is InChI=1S/C25H28N8O/c1-15(2)23(32-13-12-28-31-32)19-7-6-18(14-16(19)3)29-24-22-21(9-11-27-25(22)34)33(30-24)20(8-10-26)17-4-5-17/h6-7,9,11-15,17,20,23H,4-5,8H2,1-3H3,(H,27,34)(H,29,30)/t20-,23-/m0/s1. The third-order valence-electron chi connectivity index (χ3n) is 6.62. The maximum absolute atomic E-state index is 12.8. The number of hydrogen-bond donors (Lipinski definition) is 2. The van der Waals surface area contributed by atoms with Crippen LogP contribution in [0.3, 0.4) is 0 Å². The van der Waals surface area contributed by atoms with E-state index in [1.807, 2.05) is 27.7 Å². The summed E-state index contributed by atoms with van der Waals surface area (Å²) in [7, 11) is 0. The highest BCUT2D eigenvalue weighted by atomic mass is 16.1. The van der Waals surface area contributed by atoms with E-state index in [1.165, 1.54) is 5.56 Å². The molecule has 1 aliphatic rings. The Morgan fingerprint density at radius 3 is 2.76 bits per heavy atom. The van der Waals surface area contributed by atoms with Crippen LogP contribution in [-0.2, 0) is 0 Å². The second-order valence-electron chi connectivity index (χ2n) is 9.40. The second kappa shape index (κ2) is 8.78. The van der Waals surface area contributed by atoms with Crippen molar-refractivity contribution in [2.75, 3.05) is 5.32 Å². The lowest BCUT2D eigenvalue weighted by Gasteiger charge is -2.23. The van der Waals surface area contributed by atoms with Crippen LogP contribution in [-0.4, -0.2) is 29.8 Å². The van der Waals surface area contributed by atoms with Crippen molar-refractivity contribution < 1.29 is 0 Å². The maximum Gasteiger partial charge on any atom is 0.261 e. The average Bonchev–Trinajstić information content (AvgIpc) is 3.38. The van der Waals surface area contributed by atoms with Gasteiger partial charge < -0.3 is 10.3 Å². The number of benzene rings is 1. The molecule has 0 saturated heterocycles. The summed E-state index contributed by atoms with van der Waals surface area (Å²) >= 11 is 0. The number of aromatic amines is 1. The molecule has 2 atom stereocenters. The van der Waals surface area contributed by atoms with Crippen LogP contribution in [0, 0.1) is 30.1 Å². The molecule has 0 bridgehead atoms. The van der Waals surface area contributed by atoms with E-state index in [9.17, 15) is 10.1 Å². The van der Waals surface area contributed by atoms with Crippen LogP contribution in [0.2, 0.25) is 0 Å². The summed E-state index contributed by atoms with van der Waals surface area (Å²) in [5, 5.41) is 26.2. The number of aryl methyl sites for hydroxylation is 1. The molecule has 1 aromatic carbocycles. The van der Waals surface area contributed by atoms with Crippen LogP contribution in [0.1, 0.15) is 56.3 Å². The molecule has 34 heavy (non-hydrogen) atoms. The second-order valence-corrected chi connectivity index (χ2v) is 9.40. The van der Waals surface area contributed by atoms with Gasteiger partial charge in [-0.1, -0.05) is 25.1 Å². The van der Waals surface area contributed by atoms with E-state index in [-0.39, 0.29) is 17.6 Å². The predicted octanol–water partition coefficient (Wildman–Crippen LogP) is 4.48. The molecule has 4 aromatic rings. The van der Waals surface area contributed by atoms with Gasteiger partial charge in [0.15, 0.2) is 5.82 Å². The number of hydrogen-bond acceptors (Lipinski definition) is 6. The van der Waals surface area contributed by atoms with Crippen molar-refractivity contribution in [1.82, 2.24) is 29.8 Å². The Bertz CT molecular complexity index is 1410. The molecule has 3 aromatic heterocycles. The molecule has 1 aliphatic carbocycles. The molecule has 0 amide bonds. The van der Waals surface area contributed by atoms with Crippen molar-refractivity contribution in [2.24, 2.45) is 11.8 Å². The molecule has 1 fully saturated rings. The first kappa shape index (κ1) is 21.9. The van der Waals surface area contributed by atoms with Gasteiger partial charge >= 0.3 is 0 Å². The summed E-state index contributed by atoms with van der Waals surface area (Å²) in [6.45, 7) is 6.41. The van der Waals surface area contributed by atoms with E-state index >= 15 is 0 Å². The molecule has 9 heteroatoms. The molecule has 2 N–H and O–H groups in total. The summed E-state index contributed by atoms with van der Waals surface area (Å²) in [4.78, 5) is 15.5. The number of nitriles is 1. The first-order valence-electron chi connectivity index (χ1n) is 11.7. The van der Waals surface area contributed by atoms with Gasteiger partial charge in [0.1, 0.15) is 5.39 Å². The van der Waals surface area contributed by atoms with E-state index in [4.69, 9.17) is 5.10 Å². The molecule has 5 rings (SSSR count). The highest BCUT2D eigenvalue weighted by Gasteiger charge is 2.34. The van der Waals surface area contributed by atoms with Gasteiger partial charge in [-0.25, -0.2) is 4.68 Å². The number of nitrogens with zero attached hydrogens (tertiary/aromatic N) is 6. The molecular formula is C25H28N8O. The van der Waals surface area contributed by atoms with Crippen molar-refractivity contribution in [3.05, 3.63) is 64.3 Å². The minimum absolute atomic E-state index is 0.0246. The van der Waals surface area contributed by atoms with E-state index in [2.05, 4.69) is 59.6 Å². The number of nitrogens with one attached hydrogen (secondary N) is 2. The van der Waals surface area contributed by atoms with Gasteiger partial charge in [0, 0.05) is 18.1 Å². The van der Waals surface area contributed by atoms with Crippen LogP contribution in [0.15, 0.2) is 47.7 Å². The number of aromatic nitrogens is 6. The third-order valence-corrected chi connectivity index (χ3v) is 6.62. The largest absolute Gasteiger partial charge is 0.338 e. The van der Waals surface area contributed by atoms with Crippen LogP contribution in [0.4, 0.5) is 11.5 Å². The number of anilines is 2. The Morgan fingerprint density at radius 2 is 2.12 bits per heavy atom. The average molecular weight is 457 g/mol. The van der Waals surface area contributed by atoms with Gasteiger partial charge in [-0.15, -0.1) is 5.10 Å². The van der Waals surface area contributed by atoms with Gasteiger partial charge in [-0.05, 0) is 60.9 Å². The minimum Gasteiger partial charge on any atom is -0.338 e. The zero-order valence-electron chi connectivity index (χ0n) is 19.6.